The quantitative estimate of drug-likeness (QED) is 0.381. The first-order valence-corrected chi connectivity index (χ1v) is 11.9. The Labute approximate surface area is 207 Å². The Morgan fingerprint density at radius 2 is 2.08 bits per heavy atom. The molecule has 9 heteroatoms. The summed E-state index contributed by atoms with van der Waals surface area (Å²) in [5.74, 6) is 0.495. The maximum Gasteiger partial charge on any atom is 0.248 e. The van der Waals surface area contributed by atoms with E-state index >= 15 is 0 Å². The lowest BCUT2D eigenvalue weighted by molar-refractivity contribution is -0.140. The molecule has 36 heavy (non-hydrogen) atoms. The molecule has 1 saturated heterocycles. The highest BCUT2D eigenvalue weighted by Gasteiger charge is 2.32. The van der Waals surface area contributed by atoms with E-state index in [1.54, 1.807) is 11.1 Å². The zero-order valence-corrected chi connectivity index (χ0v) is 20.0. The Hall–Kier alpha value is -4.24. The number of rotatable bonds is 6. The smallest absolute Gasteiger partial charge is 0.248 e. The molecule has 5 aromatic rings. The van der Waals surface area contributed by atoms with Crippen molar-refractivity contribution in [3.63, 3.8) is 0 Å². The standard InChI is InChI=1S/C27H26N6O3/c1-16-8-22(21-4-3-7-28-25(21)9-16)17(2)36-20-5-6-24-23(10-20)27(31-30-24)18-11-29-33(12-18)19-13-32(14-19)26(35)15-34/h3-12,17,19,34H,13-15H2,1-2H3,(H,30,31). The van der Waals surface area contributed by atoms with Crippen LogP contribution < -0.4 is 4.74 Å². The summed E-state index contributed by atoms with van der Waals surface area (Å²) in [6.07, 6.45) is 5.37. The van der Waals surface area contributed by atoms with E-state index in [0.717, 1.165) is 49.9 Å². The molecule has 2 aromatic carbocycles. The van der Waals surface area contributed by atoms with Crippen LogP contribution in [0.4, 0.5) is 0 Å². The van der Waals surface area contributed by atoms with Gasteiger partial charge in [0, 0.05) is 47.4 Å². The van der Waals surface area contributed by atoms with Gasteiger partial charge in [-0.1, -0.05) is 12.1 Å². The molecule has 1 unspecified atom stereocenters. The number of aromatic amines is 1. The Morgan fingerprint density at radius 3 is 2.92 bits per heavy atom. The molecule has 1 atom stereocenters. The van der Waals surface area contributed by atoms with Gasteiger partial charge in [0.15, 0.2) is 0 Å². The average molecular weight is 483 g/mol. The molecule has 2 N–H and O–H groups in total. The number of aryl methyl sites for hydroxylation is 1. The minimum atomic E-state index is -0.462. The number of carbonyl (C=O) groups is 1. The van der Waals surface area contributed by atoms with Gasteiger partial charge in [-0.05, 0) is 49.7 Å². The van der Waals surface area contributed by atoms with Gasteiger partial charge < -0.3 is 14.7 Å². The number of H-pyrrole nitrogens is 1. The molecule has 1 amide bonds. The number of aromatic nitrogens is 5. The molecular weight excluding hydrogens is 456 g/mol. The van der Waals surface area contributed by atoms with Gasteiger partial charge in [0.2, 0.25) is 5.91 Å². The Kier molecular flexibility index (Phi) is 5.41. The molecule has 4 heterocycles. The maximum atomic E-state index is 11.6. The topological polar surface area (TPSA) is 109 Å². The predicted octanol–water partition coefficient (Wildman–Crippen LogP) is 3.80. The van der Waals surface area contributed by atoms with Gasteiger partial charge in [0.05, 0.1) is 23.3 Å². The van der Waals surface area contributed by atoms with E-state index in [0.29, 0.717) is 13.1 Å². The van der Waals surface area contributed by atoms with Crippen molar-refractivity contribution in [3.8, 4) is 17.0 Å². The summed E-state index contributed by atoms with van der Waals surface area (Å²) in [6, 6.07) is 14.3. The fraction of sp³-hybridized carbons (Fsp3) is 0.259. The van der Waals surface area contributed by atoms with E-state index in [2.05, 4.69) is 52.3 Å². The van der Waals surface area contributed by atoms with Crippen molar-refractivity contribution >= 4 is 27.7 Å². The van der Waals surface area contributed by atoms with Crippen LogP contribution in [0.15, 0.2) is 61.1 Å². The lowest BCUT2D eigenvalue weighted by Crippen LogP contribution is -2.51. The van der Waals surface area contributed by atoms with Crippen molar-refractivity contribution in [1.29, 1.82) is 0 Å². The van der Waals surface area contributed by atoms with Crippen LogP contribution in [0.3, 0.4) is 0 Å². The molecule has 1 aliphatic heterocycles. The third-order valence-corrected chi connectivity index (χ3v) is 6.78. The van der Waals surface area contributed by atoms with Crippen molar-refractivity contribution in [1.82, 2.24) is 29.9 Å². The van der Waals surface area contributed by atoms with Gasteiger partial charge in [0.1, 0.15) is 24.2 Å². The summed E-state index contributed by atoms with van der Waals surface area (Å²) in [6.45, 7) is 4.74. The van der Waals surface area contributed by atoms with Crippen LogP contribution in [-0.2, 0) is 4.79 Å². The number of fused-ring (bicyclic) bond motifs is 2. The van der Waals surface area contributed by atoms with Crippen molar-refractivity contribution in [2.45, 2.75) is 26.0 Å². The number of nitrogens with zero attached hydrogens (tertiary/aromatic N) is 5. The fourth-order valence-electron chi connectivity index (χ4n) is 4.83. The average Bonchev–Trinajstić information content (AvgIpc) is 3.49. The van der Waals surface area contributed by atoms with Crippen LogP contribution >= 0.6 is 0 Å². The molecule has 1 aliphatic rings. The molecule has 182 valence electrons. The Bertz CT molecular complexity index is 1580. The van der Waals surface area contributed by atoms with Crippen molar-refractivity contribution in [2.24, 2.45) is 0 Å². The number of carbonyl (C=O) groups excluding carboxylic acids is 1. The molecule has 6 rings (SSSR count). The number of aliphatic hydroxyl groups is 1. The highest BCUT2D eigenvalue weighted by Crippen LogP contribution is 2.33. The zero-order chi connectivity index (χ0) is 24.8. The highest BCUT2D eigenvalue weighted by molar-refractivity contribution is 5.93. The van der Waals surface area contributed by atoms with E-state index in [1.165, 1.54) is 0 Å². The van der Waals surface area contributed by atoms with Crippen LogP contribution in [0, 0.1) is 6.92 Å². The monoisotopic (exact) mass is 482 g/mol. The predicted molar refractivity (Wildman–Crippen MR) is 136 cm³/mol. The minimum absolute atomic E-state index is 0.0952. The first kappa shape index (κ1) is 22.2. The molecular formula is C27H26N6O3. The van der Waals surface area contributed by atoms with Crippen LogP contribution in [0.5, 0.6) is 5.75 Å². The fourth-order valence-corrected chi connectivity index (χ4v) is 4.83. The molecule has 0 saturated carbocycles. The molecule has 0 aliphatic carbocycles. The van der Waals surface area contributed by atoms with Crippen molar-refractivity contribution < 1.29 is 14.6 Å². The molecule has 0 radical (unpaired) electrons. The number of hydrogen-bond donors (Lipinski definition) is 2. The number of amides is 1. The van der Waals surface area contributed by atoms with Gasteiger partial charge >= 0.3 is 0 Å². The van der Waals surface area contributed by atoms with E-state index < -0.39 is 6.61 Å². The number of pyridine rings is 1. The zero-order valence-electron chi connectivity index (χ0n) is 20.0. The summed E-state index contributed by atoms with van der Waals surface area (Å²) in [7, 11) is 0. The molecule has 9 nitrogen and oxygen atoms in total. The van der Waals surface area contributed by atoms with Crippen LogP contribution in [0.25, 0.3) is 33.1 Å². The van der Waals surface area contributed by atoms with Gasteiger partial charge in [-0.15, -0.1) is 0 Å². The lowest BCUT2D eigenvalue weighted by atomic mass is 10.0. The van der Waals surface area contributed by atoms with E-state index in [4.69, 9.17) is 9.84 Å². The normalized spacial score (nSPS) is 14.8. The molecule has 0 bridgehead atoms. The SMILES string of the molecule is Cc1cc(C(C)Oc2ccc3[nH]nc(-c4cnn(C5CN(C(=O)CO)C5)c4)c3c2)c2cccnc2c1. The highest BCUT2D eigenvalue weighted by atomic mass is 16.5. The Morgan fingerprint density at radius 1 is 1.22 bits per heavy atom. The summed E-state index contributed by atoms with van der Waals surface area (Å²) in [5, 5.41) is 23.2. The number of hydrogen-bond acceptors (Lipinski definition) is 6. The maximum absolute atomic E-state index is 11.6. The van der Waals surface area contributed by atoms with Gasteiger partial charge in [-0.3, -0.25) is 19.6 Å². The summed E-state index contributed by atoms with van der Waals surface area (Å²) in [4.78, 5) is 17.7. The second-order valence-electron chi connectivity index (χ2n) is 9.28. The van der Waals surface area contributed by atoms with E-state index in [9.17, 15) is 4.79 Å². The second-order valence-corrected chi connectivity index (χ2v) is 9.28. The number of benzene rings is 2. The summed E-state index contributed by atoms with van der Waals surface area (Å²) >= 11 is 0. The number of likely N-dealkylation sites (tertiary alicyclic amines) is 1. The third-order valence-electron chi connectivity index (χ3n) is 6.78. The molecule has 1 fully saturated rings. The third kappa shape index (κ3) is 3.87. The summed E-state index contributed by atoms with van der Waals surface area (Å²) in [5.41, 5.74) is 5.79. The van der Waals surface area contributed by atoms with Gasteiger partial charge in [0.25, 0.3) is 0 Å². The number of aliphatic hydroxyl groups excluding tert-OH is 1. The largest absolute Gasteiger partial charge is 0.486 e. The van der Waals surface area contributed by atoms with Gasteiger partial charge in [-0.2, -0.15) is 10.2 Å². The molecule has 0 spiro atoms. The summed E-state index contributed by atoms with van der Waals surface area (Å²) < 4.78 is 8.26. The van der Waals surface area contributed by atoms with Gasteiger partial charge in [-0.25, -0.2) is 0 Å². The van der Waals surface area contributed by atoms with Crippen molar-refractivity contribution in [3.05, 3.63) is 72.2 Å². The molecule has 3 aromatic heterocycles. The van der Waals surface area contributed by atoms with Crippen LogP contribution in [0.2, 0.25) is 0 Å². The van der Waals surface area contributed by atoms with Crippen LogP contribution in [-0.4, -0.2) is 60.6 Å². The first-order valence-electron chi connectivity index (χ1n) is 11.9. The lowest BCUT2D eigenvalue weighted by Gasteiger charge is -2.38. The minimum Gasteiger partial charge on any atom is -0.486 e. The second kappa shape index (κ2) is 8.76. The number of nitrogens with one attached hydrogen (secondary N) is 1. The van der Waals surface area contributed by atoms with Crippen molar-refractivity contribution in [2.75, 3.05) is 19.7 Å². The Balaban J connectivity index is 1.25. The number of ether oxygens (including phenoxy) is 1. The van der Waals surface area contributed by atoms with E-state index in [1.807, 2.05) is 41.3 Å². The van der Waals surface area contributed by atoms with Crippen LogP contribution in [0.1, 0.15) is 30.2 Å². The first-order chi connectivity index (χ1) is 17.5. The van der Waals surface area contributed by atoms with E-state index in [-0.39, 0.29) is 18.1 Å².